The van der Waals surface area contributed by atoms with Crippen LogP contribution in [0.4, 0.5) is 11.6 Å². The van der Waals surface area contributed by atoms with Gasteiger partial charge in [-0.1, -0.05) is 23.1 Å². The molecule has 0 atom stereocenters. The van der Waals surface area contributed by atoms with Gasteiger partial charge in [0, 0.05) is 16.6 Å². The molecule has 0 radical (unpaired) electrons. The van der Waals surface area contributed by atoms with Crippen LogP contribution in [0.5, 0.6) is 0 Å². The molecule has 2 aromatic heterocycles. The fraction of sp³-hybridized carbons (Fsp3) is 0. The first-order valence-corrected chi connectivity index (χ1v) is 6.59. The van der Waals surface area contributed by atoms with E-state index >= 15 is 0 Å². The Morgan fingerprint density at radius 1 is 1.05 bits per heavy atom. The molecule has 0 fully saturated rings. The zero-order chi connectivity index (χ0) is 14.8. The maximum absolute atomic E-state index is 8.70. The lowest BCUT2D eigenvalue weighted by Gasteiger charge is -2.08. The van der Waals surface area contributed by atoms with E-state index in [1.165, 1.54) is 12.4 Å². The molecule has 0 spiro atoms. The van der Waals surface area contributed by atoms with Crippen LogP contribution in [0.25, 0.3) is 10.8 Å². The highest BCUT2D eigenvalue weighted by Gasteiger charge is 2.05. The summed E-state index contributed by atoms with van der Waals surface area (Å²) in [6.45, 7) is 0. The highest BCUT2D eigenvalue weighted by atomic mass is 35.5. The smallest absolute Gasteiger partial charge is 0.158 e. The number of nitriles is 1. The Balaban J connectivity index is 1.97. The van der Waals surface area contributed by atoms with Gasteiger partial charge in [-0.25, -0.2) is 15.0 Å². The number of fused-ring (bicyclic) bond motifs is 1. The van der Waals surface area contributed by atoms with Gasteiger partial charge in [0.2, 0.25) is 0 Å². The predicted molar refractivity (Wildman–Crippen MR) is 85.0 cm³/mol. The summed E-state index contributed by atoms with van der Waals surface area (Å²) in [5.41, 5.74) is 1.39. The van der Waals surface area contributed by atoms with Gasteiger partial charge in [0.1, 0.15) is 25.6 Å². The van der Waals surface area contributed by atoms with Gasteiger partial charge in [-0.3, -0.25) is 0 Å². The molecule has 1 N–H and O–H groups in total. The van der Waals surface area contributed by atoms with E-state index in [0.29, 0.717) is 16.7 Å². The first-order chi connectivity index (χ1) is 10.2. The minimum Gasteiger partial charge on any atom is -0.324 e. The molecule has 0 aliphatic heterocycles. The molecule has 3 rings (SSSR count). The summed E-state index contributed by atoms with van der Waals surface area (Å²) < 4.78 is 0. The van der Waals surface area contributed by atoms with Crippen molar-refractivity contribution in [1.82, 2.24) is 15.0 Å². The minimum atomic E-state index is 0.273. The van der Waals surface area contributed by atoms with E-state index in [1.807, 2.05) is 32.1 Å². The van der Waals surface area contributed by atoms with Crippen molar-refractivity contribution in [2.45, 2.75) is 0 Å². The molecular formula is C14H9BClN5. The summed E-state index contributed by atoms with van der Waals surface area (Å²) in [5.74, 6) is 1.17. The highest BCUT2D eigenvalue weighted by Crippen LogP contribution is 2.23. The van der Waals surface area contributed by atoms with Crippen LogP contribution in [0.2, 0.25) is 5.02 Å². The van der Waals surface area contributed by atoms with Crippen LogP contribution in [-0.2, 0) is 0 Å². The third kappa shape index (κ3) is 2.64. The van der Waals surface area contributed by atoms with E-state index in [-0.39, 0.29) is 5.69 Å². The van der Waals surface area contributed by atoms with Crippen molar-refractivity contribution in [3.63, 3.8) is 0 Å². The number of hydrogen-bond acceptors (Lipinski definition) is 5. The summed E-state index contributed by atoms with van der Waals surface area (Å²) >= 11 is 6.16. The zero-order valence-electron chi connectivity index (χ0n) is 11.1. The molecule has 0 saturated carbocycles. The molecule has 1 aromatic carbocycles. The Labute approximate surface area is 127 Å². The Hall–Kier alpha value is -2.65. The first kappa shape index (κ1) is 13.3. The van der Waals surface area contributed by atoms with E-state index in [4.69, 9.17) is 16.9 Å². The summed E-state index contributed by atoms with van der Waals surface area (Å²) in [4.78, 5) is 12.4. The first-order valence-electron chi connectivity index (χ1n) is 6.21. The van der Waals surface area contributed by atoms with Crippen molar-refractivity contribution in [1.29, 1.82) is 5.26 Å². The topological polar surface area (TPSA) is 74.5 Å². The average molecular weight is 294 g/mol. The monoisotopic (exact) mass is 293 g/mol. The second-order valence-corrected chi connectivity index (χ2v) is 4.91. The van der Waals surface area contributed by atoms with Gasteiger partial charge in [0.05, 0.1) is 12.4 Å². The van der Waals surface area contributed by atoms with E-state index in [9.17, 15) is 0 Å². The molecule has 100 valence electrons. The van der Waals surface area contributed by atoms with Crippen LogP contribution in [0.15, 0.2) is 36.8 Å². The maximum atomic E-state index is 8.70. The molecule has 2 heterocycles. The number of hydrogen-bond donors (Lipinski definition) is 1. The summed E-state index contributed by atoms with van der Waals surface area (Å²) in [7, 11) is 2.02. The van der Waals surface area contributed by atoms with Crippen molar-refractivity contribution in [3.8, 4) is 6.07 Å². The average Bonchev–Trinajstić information content (AvgIpc) is 2.52. The van der Waals surface area contributed by atoms with Crippen molar-refractivity contribution < 1.29 is 0 Å². The quantitative estimate of drug-likeness (QED) is 0.726. The van der Waals surface area contributed by atoms with Crippen LogP contribution in [-0.4, -0.2) is 22.8 Å². The molecule has 3 aromatic rings. The molecular weight excluding hydrogens is 284 g/mol. The van der Waals surface area contributed by atoms with Crippen molar-refractivity contribution in [2.75, 3.05) is 5.32 Å². The number of aromatic nitrogens is 3. The third-order valence-electron chi connectivity index (χ3n) is 3.09. The number of pyridine rings is 1. The van der Waals surface area contributed by atoms with E-state index in [2.05, 4.69) is 20.3 Å². The van der Waals surface area contributed by atoms with Crippen LogP contribution >= 0.6 is 11.6 Å². The van der Waals surface area contributed by atoms with E-state index in [1.54, 1.807) is 6.20 Å². The van der Waals surface area contributed by atoms with Gasteiger partial charge in [-0.05, 0) is 17.5 Å². The lowest BCUT2D eigenvalue weighted by molar-refractivity contribution is 1.15. The third-order valence-corrected chi connectivity index (χ3v) is 3.42. The van der Waals surface area contributed by atoms with Crippen molar-refractivity contribution in [2.24, 2.45) is 0 Å². The second-order valence-electron chi connectivity index (χ2n) is 4.50. The summed E-state index contributed by atoms with van der Waals surface area (Å²) in [6, 6.07) is 7.67. The number of nitrogens with one attached hydrogen (secondary N) is 1. The van der Waals surface area contributed by atoms with Gasteiger partial charge < -0.3 is 5.32 Å². The molecule has 5 nitrogen and oxygen atoms in total. The fourth-order valence-corrected chi connectivity index (χ4v) is 2.21. The standard InChI is InChI=1S/C14H9BClN5/c15-11-1-2-12(16)10-6-20-13(3-9(10)11)21-14-7-18-8(4-17)5-19-14/h1-3,5-7H,15H2,(H,19,20,21). The van der Waals surface area contributed by atoms with Crippen LogP contribution < -0.4 is 10.8 Å². The lowest BCUT2D eigenvalue weighted by Crippen LogP contribution is -2.05. The van der Waals surface area contributed by atoms with Gasteiger partial charge in [0.25, 0.3) is 0 Å². The highest BCUT2D eigenvalue weighted by molar-refractivity contribution is 6.42. The fourth-order valence-electron chi connectivity index (χ4n) is 2.00. The molecule has 21 heavy (non-hydrogen) atoms. The molecule has 0 aliphatic rings. The number of halogens is 1. The lowest BCUT2D eigenvalue weighted by atomic mass is 9.91. The van der Waals surface area contributed by atoms with Crippen LogP contribution in [0.1, 0.15) is 5.69 Å². The van der Waals surface area contributed by atoms with E-state index < -0.39 is 0 Å². The van der Waals surface area contributed by atoms with Crippen molar-refractivity contribution in [3.05, 3.63) is 47.5 Å². The zero-order valence-corrected chi connectivity index (χ0v) is 11.9. The maximum Gasteiger partial charge on any atom is 0.158 e. The largest absolute Gasteiger partial charge is 0.324 e. The minimum absolute atomic E-state index is 0.273. The number of anilines is 2. The van der Waals surface area contributed by atoms with Crippen LogP contribution in [0, 0.1) is 11.3 Å². The van der Waals surface area contributed by atoms with E-state index in [0.717, 1.165) is 16.2 Å². The molecule has 7 heteroatoms. The van der Waals surface area contributed by atoms with Crippen LogP contribution in [0.3, 0.4) is 0 Å². The van der Waals surface area contributed by atoms with Gasteiger partial charge >= 0.3 is 0 Å². The molecule has 0 saturated heterocycles. The Morgan fingerprint density at radius 3 is 2.57 bits per heavy atom. The Kier molecular flexibility index (Phi) is 3.42. The van der Waals surface area contributed by atoms with Gasteiger partial charge in [-0.15, -0.1) is 0 Å². The number of benzene rings is 1. The molecule has 0 amide bonds. The number of rotatable bonds is 2. The Bertz CT molecular complexity index is 858. The SMILES string of the molecule is Bc1ccc(Cl)c2cnc(Nc3cnc(C#N)cn3)cc12. The van der Waals surface area contributed by atoms with Gasteiger partial charge in [0.15, 0.2) is 5.69 Å². The second kappa shape index (κ2) is 5.39. The number of nitrogens with zero attached hydrogens (tertiary/aromatic N) is 4. The normalized spacial score (nSPS) is 10.3. The molecule has 0 aliphatic carbocycles. The predicted octanol–water partition coefficient (Wildman–Crippen LogP) is 1.55. The summed E-state index contributed by atoms with van der Waals surface area (Å²) in [5, 5.41) is 14.4. The van der Waals surface area contributed by atoms with Gasteiger partial charge in [-0.2, -0.15) is 5.26 Å². The van der Waals surface area contributed by atoms with Crippen molar-refractivity contribution >= 4 is 47.3 Å². The summed E-state index contributed by atoms with van der Waals surface area (Å²) in [6.07, 6.45) is 4.63. The Morgan fingerprint density at radius 2 is 1.86 bits per heavy atom. The molecule has 0 bridgehead atoms. The molecule has 0 unspecified atom stereocenters.